The van der Waals surface area contributed by atoms with E-state index in [4.69, 9.17) is 0 Å². The van der Waals surface area contributed by atoms with Crippen molar-refractivity contribution in [2.24, 2.45) is 4.99 Å². The standard InChI is InChI=1S/C10H9N3O/c14-5-7-1-8-4-13-10(9(8)2-7)3-11-6-12-13/h1,3-5,12H,2,6H2. The van der Waals surface area contributed by atoms with Crippen LogP contribution in [0.3, 0.4) is 0 Å². The van der Waals surface area contributed by atoms with Crippen molar-refractivity contribution < 1.29 is 4.79 Å². The Kier molecular flexibility index (Phi) is 1.39. The molecule has 4 heteroatoms. The smallest absolute Gasteiger partial charge is 0.146 e. The molecule has 2 heterocycles. The van der Waals surface area contributed by atoms with E-state index in [1.165, 1.54) is 5.56 Å². The third kappa shape index (κ3) is 0.878. The molecular formula is C10H9N3O. The van der Waals surface area contributed by atoms with Gasteiger partial charge in [-0.25, -0.2) is 0 Å². The molecule has 2 aliphatic rings. The minimum absolute atomic E-state index is 0.616. The van der Waals surface area contributed by atoms with Crippen molar-refractivity contribution in [2.45, 2.75) is 6.42 Å². The predicted octanol–water partition coefficient (Wildman–Crippen LogP) is 0.560. The fraction of sp³-hybridized carbons (Fsp3) is 0.200. The lowest BCUT2D eigenvalue weighted by Crippen LogP contribution is -2.21. The summed E-state index contributed by atoms with van der Waals surface area (Å²) in [5, 5.41) is 0. The lowest BCUT2D eigenvalue weighted by molar-refractivity contribution is -0.104. The summed E-state index contributed by atoms with van der Waals surface area (Å²) >= 11 is 0. The monoisotopic (exact) mass is 187 g/mol. The lowest BCUT2D eigenvalue weighted by atomic mass is 10.1. The van der Waals surface area contributed by atoms with Gasteiger partial charge in [0.15, 0.2) is 0 Å². The second kappa shape index (κ2) is 2.57. The van der Waals surface area contributed by atoms with Crippen molar-refractivity contribution in [3.05, 3.63) is 28.6 Å². The maximum Gasteiger partial charge on any atom is 0.146 e. The minimum atomic E-state index is 0.616. The first-order valence-electron chi connectivity index (χ1n) is 4.52. The first-order chi connectivity index (χ1) is 6.88. The van der Waals surface area contributed by atoms with Crippen LogP contribution < -0.4 is 5.43 Å². The number of nitrogens with zero attached hydrogens (tertiary/aromatic N) is 2. The van der Waals surface area contributed by atoms with Gasteiger partial charge in [-0.15, -0.1) is 0 Å². The van der Waals surface area contributed by atoms with E-state index in [9.17, 15) is 4.79 Å². The summed E-state index contributed by atoms with van der Waals surface area (Å²) in [4.78, 5) is 14.8. The van der Waals surface area contributed by atoms with E-state index in [0.29, 0.717) is 6.67 Å². The summed E-state index contributed by atoms with van der Waals surface area (Å²) in [6.07, 6.45) is 7.45. The van der Waals surface area contributed by atoms with Gasteiger partial charge >= 0.3 is 0 Å². The molecule has 4 nitrogen and oxygen atoms in total. The van der Waals surface area contributed by atoms with Gasteiger partial charge in [-0.05, 0) is 22.8 Å². The van der Waals surface area contributed by atoms with Gasteiger partial charge in [0.2, 0.25) is 0 Å². The van der Waals surface area contributed by atoms with E-state index in [1.807, 2.05) is 23.2 Å². The van der Waals surface area contributed by atoms with Crippen LogP contribution >= 0.6 is 0 Å². The van der Waals surface area contributed by atoms with Crippen molar-refractivity contribution in [2.75, 3.05) is 12.1 Å². The number of aliphatic imine (C=N–C) groups is 1. The summed E-state index contributed by atoms with van der Waals surface area (Å²) < 4.78 is 1.97. The van der Waals surface area contributed by atoms with Gasteiger partial charge in [-0.3, -0.25) is 14.5 Å². The molecule has 14 heavy (non-hydrogen) atoms. The molecule has 0 fully saturated rings. The number of hydrogen-bond donors (Lipinski definition) is 1. The second-order valence-electron chi connectivity index (χ2n) is 3.46. The molecule has 1 aromatic heterocycles. The van der Waals surface area contributed by atoms with Crippen LogP contribution in [-0.2, 0) is 11.2 Å². The van der Waals surface area contributed by atoms with Gasteiger partial charge in [-0.1, -0.05) is 0 Å². The van der Waals surface area contributed by atoms with E-state index in [0.717, 1.165) is 29.5 Å². The van der Waals surface area contributed by atoms with E-state index >= 15 is 0 Å². The van der Waals surface area contributed by atoms with E-state index in [-0.39, 0.29) is 0 Å². The molecule has 3 rings (SSSR count). The van der Waals surface area contributed by atoms with Crippen LogP contribution in [0, 0.1) is 0 Å². The normalized spacial score (nSPS) is 17.0. The molecule has 70 valence electrons. The molecule has 1 aliphatic heterocycles. The maximum absolute atomic E-state index is 10.6. The minimum Gasteiger partial charge on any atom is -0.304 e. The molecule has 0 bridgehead atoms. The first-order valence-corrected chi connectivity index (χ1v) is 4.52. The molecule has 0 unspecified atom stereocenters. The van der Waals surface area contributed by atoms with Gasteiger partial charge in [0, 0.05) is 18.8 Å². The van der Waals surface area contributed by atoms with Crippen LogP contribution in [0.5, 0.6) is 0 Å². The molecule has 0 radical (unpaired) electrons. The Bertz CT molecular complexity index is 468. The number of aromatic nitrogens is 1. The Balaban J connectivity index is 2.14. The van der Waals surface area contributed by atoms with Crippen molar-refractivity contribution in [1.29, 1.82) is 0 Å². The fourth-order valence-electron chi connectivity index (χ4n) is 1.95. The largest absolute Gasteiger partial charge is 0.304 e. The third-order valence-electron chi connectivity index (χ3n) is 2.60. The molecular weight excluding hydrogens is 178 g/mol. The number of fused-ring (bicyclic) bond motifs is 3. The summed E-state index contributed by atoms with van der Waals surface area (Å²) in [7, 11) is 0. The highest BCUT2D eigenvalue weighted by atomic mass is 16.1. The SMILES string of the molecule is O=CC1=Cc2cn3c(c2C1)C=NCN3. The maximum atomic E-state index is 10.6. The summed E-state index contributed by atoms with van der Waals surface area (Å²) in [5.41, 5.74) is 7.36. The summed E-state index contributed by atoms with van der Waals surface area (Å²) in [5.74, 6) is 0. The lowest BCUT2D eigenvalue weighted by Gasteiger charge is -2.12. The zero-order valence-electron chi connectivity index (χ0n) is 7.53. The Labute approximate surface area is 80.9 Å². The predicted molar refractivity (Wildman–Crippen MR) is 54.0 cm³/mol. The zero-order valence-corrected chi connectivity index (χ0v) is 7.53. The molecule has 0 saturated heterocycles. The van der Waals surface area contributed by atoms with Crippen LogP contribution in [-0.4, -0.2) is 23.8 Å². The molecule has 0 spiro atoms. The number of allylic oxidation sites excluding steroid dienone is 1. The zero-order chi connectivity index (χ0) is 9.54. The number of hydrogen-bond acceptors (Lipinski definition) is 3. The Morgan fingerprint density at radius 1 is 1.57 bits per heavy atom. The van der Waals surface area contributed by atoms with Crippen LogP contribution in [0.25, 0.3) is 6.08 Å². The molecule has 1 aromatic rings. The summed E-state index contributed by atoms with van der Waals surface area (Å²) in [6.45, 7) is 0.616. The Morgan fingerprint density at radius 2 is 2.50 bits per heavy atom. The van der Waals surface area contributed by atoms with Gasteiger partial charge in [-0.2, -0.15) is 0 Å². The average molecular weight is 187 g/mol. The summed E-state index contributed by atoms with van der Waals surface area (Å²) in [6, 6.07) is 0. The molecule has 0 aromatic carbocycles. The van der Waals surface area contributed by atoms with Gasteiger partial charge in [0.1, 0.15) is 13.0 Å². The quantitative estimate of drug-likeness (QED) is 0.653. The number of carbonyl (C=O) groups excluding carboxylic acids is 1. The van der Waals surface area contributed by atoms with Gasteiger partial charge in [0.25, 0.3) is 0 Å². The fourth-order valence-corrected chi connectivity index (χ4v) is 1.95. The van der Waals surface area contributed by atoms with Crippen LogP contribution in [0.1, 0.15) is 16.8 Å². The van der Waals surface area contributed by atoms with Crippen LogP contribution in [0.15, 0.2) is 16.8 Å². The number of carbonyl (C=O) groups is 1. The molecule has 0 saturated carbocycles. The molecule has 0 amide bonds. The van der Waals surface area contributed by atoms with E-state index in [2.05, 4.69) is 10.4 Å². The highest BCUT2D eigenvalue weighted by Gasteiger charge is 2.20. The molecule has 0 atom stereocenters. The van der Waals surface area contributed by atoms with Gasteiger partial charge < -0.3 is 5.43 Å². The van der Waals surface area contributed by atoms with Crippen molar-refractivity contribution in [3.63, 3.8) is 0 Å². The second-order valence-corrected chi connectivity index (χ2v) is 3.46. The Hall–Kier alpha value is -1.84. The third-order valence-corrected chi connectivity index (χ3v) is 2.60. The van der Waals surface area contributed by atoms with Crippen molar-refractivity contribution >= 4 is 18.6 Å². The highest BCUT2D eigenvalue weighted by molar-refractivity contribution is 5.91. The number of aldehydes is 1. The van der Waals surface area contributed by atoms with E-state index < -0.39 is 0 Å². The van der Waals surface area contributed by atoms with Crippen molar-refractivity contribution in [1.82, 2.24) is 4.68 Å². The van der Waals surface area contributed by atoms with Crippen molar-refractivity contribution in [3.8, 4) is 0 Å². The number of nitrogens with one attached hydrogen (secondary N) is 1. The Morgan fingerprint density at radius 3 is 3.36 bits per heavy atom. The highest BCUT2D eigenvalue weighted by Crippen LogP contribution is 2.28. The molecule has 1 N–H and O–H groups in total. The first kappa shape index (κ1) is 7.55. The van der Waals surface area contributed by atoms with Gasteiger partial charge in [0.05, 0.1) is 5.69 Å². The van der Waals surface area contributed by atoms with Crippen LogP contribution in [0.2, 0.25) is 0 Å². The average Bonchev–Trinajstić information content (AvgIpc) is 2.73. The number of rotatable bonds is 1. The topological polar surface area (TPSA) is 46.4 Å². The van der Waals surface area contributed by atoms with E-state index in [1.54, 1.807) is 0 Å². The molecule has 1 aliphatic carbocycles. The van der Waals surface area contributed by atoms with Crippen LogP contribution in [0.4, 0.5) is 0 Å².